The summed E-state index contributed by atoms with van der Waals surface area (Å²) in [5.41, 5.74) is 26.3. The van der Waals surface area contributed by atoms with Crippen LogP contribution < -0.4 is 5.32 Å². The highest BCUT2D eigenvalue weighted by molar-refractivity contribution is 5.69. The molecule has 0 spiro atoms. The summed E-state index contributed by atoms with van der Waals surface area (Å²) in [6.45, 7) is 0.375. The lowest BCUT2D eigenvalue weighted by Gasteiger charge is -2.47. The van der Waals surface area contributed by atoms with Gasteiger partial charge in [0.1, 0.15) is 18.2 Å². The van der Waals surface area contributed by atoms with Crippen molar-refractivity contribution in [3.8, 4) is 0 Å². The van der Waals surface area contributed by atoms with Gasteiger partial charge in [0.2, 0.25) is 0 Å². The van der Waals surface area contributed by atoms with Gasteiger partial charge in [-0.3, -0.25) is 0 Å². The summed E-state index contributed by atoms with van der Waals surface area (Å²) in [7, 11) is 0. The molecule has 2 fully saturated rings. The first-order valence-electron chi connectivity index (χ1n) is 9.20. The molecule has 4 N–H and O–H groups in total. The van der Waals surface area contributed by atoms with Gasteiger partial charge < -0.3 is 34.8 Å². The molecule has 1 amide bonds. The number of amides is 1. The largest absolute Gasteiger partial charge is 0.441 e. The fourth-order valence-electron chi connectivity index (χ4n) is 3.40. The third kappa shape index (κ3) is 5.79. The van der Waals surface area contributed by atoms with E-state index in [1.165, 1.54) is 0 Å². The van der Waals surface area contributed by atoms with Crippen LogP contribution in [0.15, 0.2) is 15.3 Å². The molecule has 0 aliphatic carbocycles. The topological polar surface area (TPSA) is 264 Å². The van der Waals surface area contributed by atoms with Crippen LogP contribution >= 0.6 is 0 Å². The average Bonchev–Trinajstić information content (AvgIpc) is 2.74. The Morgan fingerprint density at radius 2 is 1.87 bits per heavy atom. The highest BCUT2D eigenvalue weighted by Gasteiger charge is 2.52. The van der Waals surface area contributed by atoms with Crippen LogP contribution in [0.25, 0.3) is 31.3 Å². The zero-order chi connectivity index (χ0) is 23.0. The fourth-order valence-corrected chi connectivity index (χ4v) is 3.40. The molecule has 0 saturated carbocycles. The van der Waals surface area contributed by atoms with E-state index in [0.717, 1.165) is 0 Å². The van der Waals surface area contributed by atoms with E-state index in [9.17, 15) is 20.1 Å². The number of rotatable bonds is 10. The molecule has 17 nitrogen and oxygen atoms in total. The van der Waals surface area contributed by atoms with Crippen molar-refractivity contribution in [2.75, 3.05) is 13.2 Å². The number of aliphatic hydroxyl groups excluding tert-OH is 3. The zero-order valence-corrected chi connectivity index (χ0v) is 16.3. The second kappa shape index (κ2) is 11.4. The molecule has 2 heterocycles. The monoisotopic (exact) mass is 442 g/mol. The van der Waals surface area contributed by atoms with E-state index in [2.05, 4.69) is 35.4 Å². The molecule has 9 atom stereocenters. The molecule has 0 aromatic rings. The molecule has 4 unspecified atom stereocenters. The first kappa shape index (κ1) is 24.3. The van der Waals surface area contributed by atoms with Gasteiger partial charge in [0.05, 0.1) is 37.4 Å². The number of fused-ring (bicyclic) bond motifs is 1. The number of aliphatic hydroxyl groups is 3. The first-order chi connectivity index (χ1) is 14.9. The van der Waals surface area contributed by atoms with Crippen LogP contribution in [-0.2, 0) is 14.2 Å². The van der Waals surface area contributed by atoms with Crippen LogP contribution in [0.4, 0.5) is 4.79 Å². The highest BCUT2D eigenvalue weighted by atomic mass is 16.7. The summed E-state index contributed by atoms with van der Waals surface area (Å²) in [4.78, 5) is 19.5. The maximum absolute atomic E-state index is 11.6. The second-order valence-corrected chi connectivity index (χ2v) is 6.86. The SMILES string of the molecule is CC1NC(=O)O[C@@H]2C1O[C@H](O[C@@H](CO)C(C[C@H](CO)N=[N+]=[N-])N=[N+]=[N-])C(N=[N+]=[N-])[C@H]2O. The molecule has 2 aliphatic rings. The summed E-state index contributed by atoms with van der Waals surface area (Å²) in [5, 5.41) is 42.6. The molecule has 2 rings (SSSR count). The number of carbonyl (C=O) groups excluding carboxylic acids is 1. The number of azide groups is 3. The molecule has 0 aromatic heterocycles. The van der Waals surface area contributed by atoms with Crippen molar-refractivity contribution >= 4 is 6.09 Å². The predicted octanol–water partition coefficient (Wildman–Crippen LogP) is 0.366. The normalized spacial score (nSPS) is 32.5. The Balaban J connectivity index is 2.27. The van der Waals surface area contributed by atoms with Gasteiger partial charge in [-0.05, 0) is 29.9 Å². The molecule has 2 saturated heterocycles. The van der Waals surface area contributed by atoms with E-state index < -0.39 is 74.2 Å². The van der Waals surface area contributed by atoms with Gasteiger partial charge in [0, 0.05) is 14.7 Å². The van der Waals surface area contributed by atoms with Crippen molar-refractivity contribution in [3.05, 3.63) is 31.3 Å². The number of carbonyl (C=O) groups is 1. The quantitative estimate of drug-likeness (QED) is 0.209. The Morgan fingerprint density at radius 1 is 1.16 bits per heavy atom. The van der Waals surface area contributed by atoms with E-state index in [1.807, 2.05) is 0 Å². The molecule has 0 bridgehead atoms. The van der Waals surface area contributed by atoms with Gasteiger partial charge in [-0.25, -0.2) is 4.79 Å². The van der Waals surface area contributed by atoms with Gasteiger partial charge in [0.15, 0.2) is 12.4 Å². The highest BCUT2D eigenvalue weighted by Crippen LogP contribution is 2.32. The summed E-state index contributed by atoms with van der Waals surface area (Å²) in [6, 6.07) is -4.03. The van der Waals surface area contributed by atoms with E-state index in [0.29, 0.717) is 0 Å². The van der Waals surface area contributed by atoms with Crippen LogP contribution in [0.5, 0.6) is 0 Å². The lowest BCUT2D eigenvalue weighted by Crippen LogP contribution is -2.67. The van der Waals surface area contributed by atoms with Gasteiger partial charge in [-0.15, -0.1) is 0 Å². The zero-order valence-electron chi connectivity index (χ0n) is 16.3. The second-order valence-electron chi connectivity index (χ2n) is 6.86. The van der Waals surface area contributed by atoms with Gasteiger partial charge in [0.25, 0.3) is 0 Å². The van der Waals surface area contributed by atoms with Crippen molar-refractivity contribution in [2.24, 2.45) is 15.3 Å². The average molecular weight is 442 g/mol. The predicted molar refractivity (Wildman–Crippen MR) is 100.0 cm³/mol. The third-order valence-electron chi connectivity index (χ3n) is 4.90. The first-order valence-corrected chi connectivity index (χ1v) is 9.20. The lowest BCUT2D eigenvalue weighted by atomic mass is 9.92. The van der Waals surface area contributed by atoms with Gasteiger partial charge in [-0.1, -0.05) is 15.3 Å². The van der Waals surface area contributed by atoms with Gasteiger partial charge >= 0.3 is 6.09 Å². The smallest absolute Gasteiger partial charge is 0.407 e. The van der Waals surface area contributed by atoms with Gasteiger partial charge in [-0.2, -0.15) is 0 Å². The molecular formula is C14H22N10O7. The van der Waals surface area contributed by atoms with Crippen molar-refractivity contribution < 1.29 is 34.3 Å². The Hall–Kier alpha value is -3.00. The Kier molecular flexibility index (Phi) is 8.93. The van der Waals surface area contributed by atoms with Crippen molar-refractivity contribution in [3.63, 3.8) is 0 Å². The minimum Gasteiger partial charge on any atom is -0.441 e. The maximum atomic E-state index is 11.6. The lowest BCUT2D eigenvalue weighted by molar-refractivity contribution is -0.285. The van der Waals surface area contributed by atoms with E-state index in [4.69, 9.17) is 30.8 Å². The minimum absolute atomic E-state index is 0.168. The van der Waals surface area contributed by atoms with Crippen molar-refractivity contribution in [1.29, 1.82) is 0 Å². The third-order valence-corrected chi connectivity index (χ3v) is 4.90. The van der Waals surface area contributed by atoms with Crippen LogP contribution in [0, 0.1) is 0 Å². The van der Waals surface area contributed by atoms with Crippen LogP contribution in [0.1, 0.15) is 13.3 Å². The van der Waals surface area contributed by atoms with Crippen LogP contribution in [0.2, 0.25) is 0 Å². The Bertz CT molecular complexity index is 781. The molecule has 0 radical (unpaired) electrons. The summed E-state index contributed by atoms with van der Waals surface area (Å²) in [6.07, 6.45) is -7.10. The summed E-state index contributed by atoms with van der Waals surface area (Å²) in [5.74, 6) is 0. The molecule has 170 valence electrons. The molecule has 0 aromatic carbocycles. The molecule has 2 aliphatic heterocycles. The fraction of sp³-hybridized carbons (Fsp3) is 0.929. The number of alkyl carbamates (subject to hydrolysis) is 1. The van der Waals surface area contributed by atoms with E-state index in [1.54, 1.807) is 6.92 Å². The standard InChI is InChI=1S/C14H22N10O7/c1-5-11-12(31-14(28)18-5)10(27)9(21-24-17)13(30-11)29-8(4-26)7(20-23-16)2-6(3-25)19-22-15/h5-13,25-27H,2-4H2,1H3,(H,18,28)/t5?,6-,7?,8+,9?,10-,11?,12+,13+/m1/s1. The van der Waals surface area contributed by atoms with Crippen LogP contribution in [-0.4, -0.2) is 89.5 Å². The molecular weight excluding hydrogens is 420 g/mol. The minimum atomic E-state index is -1.49. The number of hydrogen-bond donors (Lipinski definition) is 4. The number of hydrogen-bond acceptors (Lipinski definition) is 10. The Morgan fingerprint density at radius 3 is 2.45 bits per heavy atom. The van der Waals surface area contributed by atoms with E-state index >= 15 is 0 Å². The Labute approximate surface area is 174 Å². The van der Waals surface area contributed by atoms with E-state index in [-0.39, 0.29) is 6.42 Å². The van der Waals surface area contributed by atoms with Crippen molar-refractivity contribution in [2.45, 2.75) is 68.2 Å². The molecule has 17 heteroatoms. The maximum Gasteiger partial charge on any atom is 0.407 e. The van der Waals surface area contributed by atoms with Crippen molar-refractivity contribution in [1.82, 2.24) is 5.32 Å². The summed E-state index contributed by atoms with van der Waals surface area (Å²) < 4.78 is 16.5. The number of nitrogens with zero attached hydrogens (tertiary/aromatic N) is 9. The van der Waals surface area contributed by atoms with Crippen LogP contribution in [0.3, 0.4) is 0 Å². The number of nitrogens with one attached hydrogen (secondary N) is 1. The number of ether oxygens (including phenoxy) is 3. The summed E-state index contributed by atoms with van der Waals surface area (Å²) >= 11 is 0. The molecule has 31 heavy (non-hydrogen) atoms.